The lowest BCUT2D eigenvalue weighted by molar-refractivity contribution is 0.0208. The van der Waals surface area contributed by atoms with Gasteiger partial charge in [-0.25, -0.2) is 9.18 Å². The Labute approximate surface area is 126 Å². The molecule has 0 saturated carbocycles. The average molecular weight is 296 g/mol. The first-order valence-corrected chi connectivity index (χ1v) is 7.13. The van der Waals surface area contributed by atoms with Gasteiger partial charge in [0.15, 0.2) is 0 Å². The number of nitrogens with one attached hydrogen (secondary N) is 1. The third-order valence-electron chi connectivity index (χ3n) is 2.92. The summed E-state index contributed by atoms with van der Waals surface area (Å²) in [4.78, 5) is 13.7. The van der Waals surface area contributed by atoms with E-state index in [4.69, 9.17) is 4.74 Å². The first-order valence-electron chi connectivity index (χ1n) is 7.13. The Morgan fingerprint density at radius 2 is 2.14 bits per heavy atom. The molecule has 0 aromatic rings. The van der Waals surface area contributed by atoms with E-state index < -0.39 is 5.60 Å². The molecule has 4 nitrogen and oxygen atoms in total. The van der Waals surface area contributed by atoms with E-state index >= 15 is 0 Å². The van der Waals surface area contributed by atoms with Crippen LogP contribution >= 0.6 is 0 Å². The number of amides is 1. The lowest BCUT2D eigenvalue weighted by atomic mass is 10.1. The zero-order valence-corrected chi connectivity index (χ0v) is 13.3. The van der Waals surface area contributed by atoms with Crippen molar-refractivity contribution in [3.8, 4) is 0 Å². The number of halogens is 1. The van der Waals surface area contributed by atoms with Crippen LogP contribution in [0.5, 0.6) is 0 Å². The van der Waals surface area contributed by atoms with E-state index in [1.807, 2.05) is 20.8 Å². The van der Waals surface area contributed by atoms with Crippen LogP contribution in [0, 0.1) is 0 Å². The van der Waals surface area contributed by atoms with Crippen molar-refractivity contribution in [3.63, 3.8) is 0 Å². The number of hydrogen-bond acceptors (Lipinski definition) is 3. The van der Waals surface area contributed by atoms with Gasteiger partial charge in [0.05, 0.1) is 0 Å². The molecule has 0 radical (unpaired) electrons. The van der Waals surface area contributed by atoms with Crippen molar-refractivity contribution in [2.24, 2.45) is 0 Å². The fourth-order valence-corrected chi connectivity index (χ4v) is 1.98. The second-order valence-electron chi connectivity index (χ2n) is 6.04. The van der Waals surface area contributed by atoms with Gasteiger partial charge in [-0.1, -0.05) is 12.7 Å². The average Bonchev–Trinajstić information content (AvgIpc) is 2.37. The Morgan fingerprint density at radius 3 is 2.71 bits per heavy atom. The SMILES string of the molecule is C=C(/C=C(F)\C=C/C)[C@@H]1CN(C(=O)OC(C)(C)C)CCN1. The van der Waals surface area contributed by atoms with E-state index in [-0.39, 0.29) is 18.0 Å². The van der Waals surface area contributed by atoms with E-state index in [1.165, 1.54) is 12.2 Å². The van der Waals surface area contributed by atoms with Crippen molar-refractivity contribution in [3.05, 3.63) is 36.2 Å². The molecule has 1 amide bonds. The summed E-state index contributed by atoms with van der Waals surface area (Å²) >= 11 is 0. The molecule has 1 heterocycles. The van der Waals surface area contributed by atoms with Crippen LogP contribution in [-0.2, 0) is 4.74 Å². The molecule has 0 unspecified atom stereocenters. The largest absolute Gasteiger partial charge is 0.444 e. The van der Waals surface area contributed by atoms with Crippen LogP contribution in [0.4, 0.5) is 9.18 Å². The van der Waals surface area contributed by atoms with Gasteiger partial charge in [-0.05, 0) is 45.4 Å². The lowest BCUT2D eigenvalue weighted by Gasteiger charge is -2.35. The van der Waals surface area contributed by atoms with Crippen molar-refractivity contribution < 1.29 is 13.9 Å². The predicted molar refractivity (Wildman–Crippen MR) is 82.7 cm³/mol. The standard InChI is InChI=1S/C16H25FN2O2/c1-6-7-13(17)10-12(2)14-11-19(9-8-18-14)15(20)21-16(3,4)5/h6-7,10,14,18H,2,8-9,11H2,1,3-5H3/b7-6-,13-10+/t14-/m0/s1. The fraction of sp³-hybridized carbons (Fsp3) is 0.562. The van der Waals surface area contributed by atoms with Crippen LogP contribution in [0.2, 0.25) is 0 Å². The van der Waals surface area contributed by atoms with E-state index in [0.717, 1.165) is 0 Å². The molecule has 118 valence electrons. The minimum Gasteiger partial charge on any atom is -0.444 e. The highest BCUT2D eigenvalue weighted by Crippen LogP contribution is 2.15. The summed E-state index contributed by atoms with van der Waals surface area (Å²) < 4.78 is 18.8. The van der Waals surface area contributed by atoms with Crippen LogP contribution < -0.4 is 5.32 Å². The van der Waals surface area contributed by atoms with Gasteiger partial charge in [0.1, 0.15) is 11.4 Å². The number of carbonyl (C=O) groups is 1. The van der Waals surface area contributed by atoms with Crippen LogP contribution in [0.25, 0.3) is 0 Å². The zero-order chi connectivity index (χ0) is 16.0. The number of nitrogens with zero attached hydrogens (tertiary/aromatic N) is 1. The van der Waals surface area contributed by atoms with Gasteiger partial charge in [-0.3, -0.25) is 0 Å². The molecule has 1 atom stereocenters. The third kappa shape index (κ3) is 6.12. The highest BCUT2D eigenvalue weighted by Gasteiger charge is 2.28. The Morgan fingerprint density at radius 1 is 1.48 bits per heavy atom. The van der Waals surface area contributed by atoms with Gasteiger partial charge in [0.25, 0.3) is 0 Å². The molecule has 0 bridgehead atoms. The van der Waals surface area contributed by atoms with E-state index in [1.54, 1.807) is 17.9 Å². The zero-order valence-electron chi connectivity index (χ0n) is 13.3. The normalized spacial score (nSPS) is 20.7. The molecule has 21 heavy (non-hydrogen) atoms. The van der Waals surface area contributed by atoms with Crippen molar-refractivity contribution in [2.75, 3.05) is 19.6 Å². The van der Waals surface area contributed by atoms with Gasteiger partial charge in [-0.15, -0.1) is 0 Å². The van der Waals surface area contributed by atoms with Gasteiger partial charge >= 0.3 is 6.09 Å². The van der Waals surface area contributed by atoms with Gasteiger partial charge in [0, 0.05) is 25.7 Å². The molecule has 1 fully saturated rings. The monoisotopic (exact) mass is 296 g/mol. The topological polar surface area (TPSA) is 41.6 Å². The van der Waals surface area contributed by atoms with Crippen LogP contribution in [0.1, 0.15) is 27.7 Å². The molecular weight excluding hydrogens is 271 g/mol. The first-order chi connectivity index (χ1) is 9.73. The molecule has 1 saturated heterocycles. The van der Waals surface area contributed by atoms with E-state index in [2.05, 4.69) is 11.9 Å². The number of rotatable bonds is 3. The summed E-state index contributed by atoms with van der Waals surface area (Å²) in [6, 6.07) is -0.165. The van der Waals surface area contributed by atoms with Crippen LogP contribution in [0.3, 0.4) is 0 Å². The van der Waals surface area contributed by atoms with Crippen molar-refractivity contribution in [1.82, 2.24) is 10.2 Å². The van der Waals surface area contributed by atoms with Crippen molar-refractivity contribution >= 4 is 6.09 Å². The molecule has 0 aromatic carbocycles. The molecule has 1 rings (SSSR count). The second-order valence-corrected chi connectivity index (χ2v) is 6.04. The molecule has 1 aliphatic heterocycles. The number of allylic oxidation sites excluding steroid dienone is 3. The Kier molecular flexibility index (Phi) is 6.15. The van der Waals surface area contributed by atoms with E-state index in [9.17, 15) is 9.18 Å². The molecule has 5 heteroatoms. The van der Waals surface area contributed by atoms with Crippen LogP contribution in [-0.4, -0.2) is 42.3 Å². The van der Waals surface area contributed by atoms with E-state index in [0.29, 0.717) is 25.2 Å². The summed E-state index contributed by atoms with van der Waals surface area (Å²) in [5.41, 5.74) is 0.0886. The maximum absolute atomic E-state index is 13.5. The maximum Gasteiger partial charge on any atom is 0.410 e. The molecular formula is C16H25FN2O2. The molecule has 1 N–H and O–H groups in total. The number of carbonyl (C=O) groups excluding carboxylic acids is 1. The number of ether oxygens (including phenoxy) is 1. The quantitative estimate of drug-likeness (QED) is 0.813. The minimum atomic E-state index is -0.521. The van der Waals surface area contributed by atoms with Gasteiger partial charge in [0.2, 0.25) is 0 Å². The Bertz CT molecular complexity index is 450. The van der Waals surface area contributed by atoms with Crippen molar-refractivity contribution in [1.29, 1.82) is 0 Å². The number of hydrogen-bond donors (Lipinski definition) is 1. The molecule has 0 aliphatic carbocycles. The maximum atomic E-state index is 13.5. The van der Waals surface area contributed by atoms with Crippen LogP contribution in [0.15, 0.2) is 36.2 Å². The number of piperazine rings is 1. The second kappa shape index (κ2) is 7.41. The summed E-state index contributed by atoms with van der Waals surface area (Å²) in [6.45, 7) is 12.7. The smallest absolute Gasteiger partial charge is 0.410 e. The van der Waals surface area contributed by atoms with Gasteiger partial charge in [-0.2, -0.15) is 0 Å². The summed E-state index contributed by atoms with van der Waals surface area (Å²) in [6.07, 6.45) is 4.04. The molecule has 0 aromatic heterocycles. The summed E-state index contributed by atoms with van der Waals surface area (Å²) in [7, 11) is 0. The Balaban J connectivity index is 2.66. The third-order valence-corrected chi connectivity index (χ3v) is 2.92. The fourth-order valence-electron chi connectivity index (χ4n) is 1.98. The van der Waals surface area contributed by atoms with Gasteiger partial charge < -0.3 is 15.0 Å². The highest BCUT2D eigenvalue weighted by atomic mass is 19.1. The highest BCUT2D eigenvalue weighted by molar-refractivity contribution is 5.68. The lowest BCUT2D eigenvalue weighted by Crippen LogP contribution is -2.54. The van der Waals surface area contributed by atoms with Crippen molar-refractivity contribution in [2.45, 2.75) is 39.3 Å². The summed E-state index contributed by atoms with van der Waals surface area (Å²) in [5, 5.41) is 3.23. The minimum absolute atomic E-state index is 0.165. The first kappa shape index (κ1) is 17.4. The molecule has 1 aliphatic rings. The Hall–Kier alpha value is -1.62. The summed E-state index contributed by atoms with van der Waals surface area (Å²) in [5.74, 6) is -0.348. The molecule has 0 spiro atoms. The predicted octanol–water partition coefficient (Wildman–Crippen LogP) is 3.18.